The molecule has 0 amide bonds. The van der Waals surface area contributed by atoms with Gasteiger partial charge >= 0.3 is 0 Å². The van der Waals surface area contributed by atoms with Crippen molar-refractivity contribution in [3.63, 3.8) is 0 Å². The van der Waals surface area contributed by atoms with E-state index in [1.165, 1.54) is 0 Å². The molecule has 21 heavy (non-hydrogen) atoms. The number of halogens is 1. The molecule has 112 valence electrons. The fraction of sp³-hybridized carbons (Fsp3) is 0.312. The summed E-state index contributed by atoms with van der Waals surface area (Å²) in [5.41, 5.74) is 2.20. The second kappa shape index (κ2) is 8.00. The first-order chi connectivity index (χ1) is 10.1. The molecule has 0 saturated carbocycles. The molecule has 0 bridgehead atoms. The molecule has 0 unspecified atom stereocenters. The minimum Gasteiger partial charge on any atom is -0.492 e. The van der Waals surface area contributed by atoms with Crippen molar-refractivity contribution in [2.75, 3.05) is 32.6 Å². The summed E-state index contributed by atoms with van der Waals surface area (Å²) >= 11 is 3.42. The summed E-state index contributed by atoms with van der Waals surface area (Å²) in [5, 5.41) is 3.37. The van der Waals surface area contributed by atoms with Gasteiger partial charge in [-0.1, -0.05) is 0 Å². The van der Waals surface area contributed by atoms with Gasteiger partial charge in [-0.2, -0.15) is 0 Å². The van der Waals surface area contributed by atoms with E-state index in [0.29, 0.717) is 6.61 Å². The summed E-state index contributed by atoms with van der Waals surface area (Å²) in [5.74, 6) is 0.895. The lowest BCUT2D eigenvalue weighted by Gasteiger charge is -2.12. The van der Waals surface area contributed by atoms with Crippen LogP contribution in [-0.2, 0) is 6.54 Å². The van der Waals surface area contributed by atoms with Gasteiger partial charge in [0.25, 0.3) is 0 Å². The second-order valence-electron chi connectivity index (χ2n) is 5.04. The zero-order chi connectivity index (χ0) is 15.1. The van der Waals surface area contributed by atoms with E-state index in [4.69, 9.17) is 4.74 Å². The van der Waals surface area contributed by atoms with E-state index >= 15 is 0 Å². The van der Waals surface area contributed by atoms with Crippen LogP contribution in [0.25, 0.3) is 0 Å². The Labute approximate surface area is 134 Å². The molecule has 0 fully saturated rings. The SMILES string of the molecule is CN(C)CCOc1ccc(NCc2cncc(Br)c2)cc1. The smallest absolute Gasteiger partial charge is 0.119 e. The summed E-state index contributed by atoms with van der Waals surface area (Å²) in [6, 6.07) is 10.1. The molecule has 2 aromatic rings. The largest absolute Gasteiger partial charge is 0.492 e. The number of nitrogens with one attached hydrogen (secondary N) is 1. The highest BCUT2D eigenvalue weighted by Gasteiger charge is 1.98. The van der Waals surface area contributed by atoms with E-state index < -0.39 is 0 Å². The van der Waals surface area contributed by atoms with Crippen molar-refractivity contribution in [1.82, 2.24) is 9.88 Å². The molecule has 0 spiro atoms. The van der Waals surface area contributed by atoms with Gasteiger partial charge in [-0.25, -0.2) is 0 Å². The van der Waals surface area contributed by atoms with Crippen molar-refractivity contribution >= 4 is 21.6 Å². The lowest BCUT2D eigenvalue weighted by atomic mass is 10.2. The zero-order valence-electron chi connectivity index (χ0n) is 12.3. The van der Waals surface area contributed by atoms with Crippen LogP contribution in [0.4, 0.5) is 5.69 Å². The van der Waals surface area contributed by atoms with Gasteiger partial charge < -0.3 is 15.0 Å². The molecule has 0 aliphatic carbocycles. The van der Waals surface area contributed by atoms with Crippen molar-refractivity contribution in [1.29, 1.82) is 0 Å². The molecule has 5 heteroatoms. The Morgan fingerprint density at radius 3 is 2.62 bits per heavy atom. The fourth-order valence-corrected chi connectivity index (χ4v) is 2.18. The van der Waals surface area contributed by atoms with E-state index in [1.54, 1.807) is 6.20 Å². The van der Waals surface area contributed by atoms with Crippen molar-refractivity contribution in [2.24, 2.45) is 0 Å². The summed E-state index contributed by atoms with van der Waals surface area (Å²) < 4.78 is 6.66. The first-order valence-electron chi connectivity index (χ1n) is 6.84. The van der Waals surface area contributed by atoms with Gasteiger partial charge in [-0.3, -0.25) is 4.98 Å². The van der Waals surface area contributed by atoms with Crippen LogP contribution < -0.4 is 10.1 Å². The van der Waals surface area contributed by atoms with Crippen LogP contribution >= 0.6 is 15.9 Å². The van der Waals surface area contributed by atoms with Crippen molar-refractivity contribution < 1.29 is 4.74 Å². The molecule has 4 nitrogen and oxygen atoms in total. The maximum absolute atomic E-state index is 5.66. The topological polar surface area (TPSA) is 37.4 Å². The number of ether oxygens (including phenoxy) is 1. The molecule has 0 atom stereocenters. The van der Waals surface area contributed by atoms with E-state index in [0.717, 1.165) is 34.6 Å². The quantitative estimate of drug-likeness (QED) is 0.831. The third-order valence-electron chi connectivity index (χ3n) is 2.92. The Morgan fingerprint density at radius 2 is 1.95 bits per heavy atom. The Morgan fingerprint density at radius 1 is 1.19 bits per heavy atom. The van der Waals surface area contributed by atoms with Gasteiger partial charge in [0.2, 0.25) is 0 Å². The molecule has 0 aliphatic rings. The zero-order valence-corrected chi connectivity index (χ0v) is 13.9. The van der Waals surface area contributed by atoms with Crippen LogP contribution in [0.15, 0.2) is 47.2 Å². The molecule has 0 saturated heterocycles. The average molecular weight is 350 g/mol. The number of hydrogen-bond donors (Lipinski definition) is 1. The highest BCUT2D eigenvalue weighted by atomic mass is 79.9. The van der Waals surface area contributed by atoms with Crippen LogP contribution in [0.3, 0.4) is 0 Å². The number of nitrogens with zero attached hydrogens (tertiary/aromatic N) is 2. The lowest BCUT2D eigenvalue weighted by molar-refractivity contribution is 0.261. The second-order valence-corrected chi connectivity index (χ2v) is 5.96. The van der Waals surface area contributed by atoms with Gasteiger partial charge in [-0.15, -0.1) is 0 Å². The summed E-state index contributed by atoms with van der Waals surface area (Å²) in [6.07, 6.45) is 3.64. The van der Waals surface area contributed by atoms with Crippen LogP contribution in [-0.4, -0.2) is 37.1 Å². The van der Waals surface area contributed by atoms with Crippen LogP contribution in [0.1, 0.15) is 5.56 Å². The number of likely N-dealkylation sites (N-methyl/N-ethyl adjacent to an activating group) is 1. The number of pyridine rings is 1. The Bertz CT molecular complexity index is 558. The number of hydrogen-bond acceptors (Lipinski definition) is 4. The molecule has 0 aliphatic heterocycles. The van der Waals surface area contributed by atoms with Crippen molar-refractivity contribution in [3.8, 4) is 5.75 Å². The van der Waals surface area contributed by atoms with Crippen molar-refractivity contribution in [3.05, 3.63) is 52.8 Å². The fourth-order valence-electron chi connectivity index (χ4n) is 1.77. The van der Waals surface area contributed by atoms with Gasteiger partial charge in [0.15, 0.2) is 0 Å². The van der Waals surface area contributed by atoms with E-state index in [1.807, 2.05) is 44.6 Å². The number of aromatic nitrogens is 1. The average Bonchev–Trinajstić information content (AvgIpc) is 2.46. The lowest BCUT2D eigenvalue weighted by Crippen LogP contribution is -2.19. The minimum atomic E-state index is 0.698. The minimum absolute atomic E-state index is 0.698. The van der Waals surface area contributed by atoms with E-state index in [9.17, 15) is 0 Å². The summed E-state index contributed by atoms with van der Waals surface area (Å²) in [6.45, 7) is 2.35. The van der Waals surface area contributed by atoms with Crippen LogP contribution in [0.2, 0.25) is 0 Å². The Kier molecular flexibility index (Phi) is 6.02. The third-order valence-corrected chi connectivity index (χ3v) is 3.35. The van der Waals surface area contributed by atoms with Gasteiger partial charge in [-0.05, 0) is 65.9 Å². The third kappa shape index (κ3) is 5.73. The predicted molar refractivity (Wildman–Crippen MR) is 89.8 cm³/mol. The number of benzene rings is 1. The van der Waals surface area contributed by atoms with Gasteiger partial charge in [0, 0.05) is 35.6 Å². The first kappa shape index (κ1) is 15.8. The molecule has 1 aromatic heterocycles. The van der Waals surface area contributed by atoms with E-state index in [-0.39, 0.29) is 0 Å². The molecule has 0 radical (unpaired) electrons. The summed E-state index contributed by atoms with van der Waals surface area (Å²) in [7, 11) is 4.07. The van der Waals surface area contributed by atoms with Crippen LogP contribution in [0.5, 0.6) is 5.75 Å². The summed E-state index contributed by atoms with van der Waals surface area (Å²) in [4.78, 5) is 6.25. The highest BCUT2D eigenvalue weighted by molar-refractivity contribution is 9.10. The van der Waals surface area contributed by atoms with Crippen molar-refractivity contribution in [2.45, 2.75) is 6.54 Å². The van der Waals surface area contributed by atoms with Gasteiger partial charge in [0.05, 0.1) is 0 Å². The Hall–Kier alpha value is -1.59. The number of anilines is 1. The van der Waals surface area contributed by atoms with Crippen LogP contribution in [0, 0.1) is 0 Å². The monoisotopic (exact) mass is 349 g/mol. The maximum Gasteiger partial charge on any atom is 0.119 e. The Balaban J connectivity index is 1.82. The predicted octanol–water partition coefficient (Wildman–Crippen LogP) is 3.40. The standard InChI is InChI=1S/C16H20BrN3O/c1-20(2)7-8-21-16-5-3-15(4-6-16)19-11-13-9-14(17)12-18-10-13/h3-6,9-10,12,19H,7-8,11H2,1-2H3. The normalized spacial score (nSPS) is 10.7. The number of rotatable bonds is 7. The van der Waals surface area contributed by atoms with Gasteiger partial charge in [0.1, 0.15) is 12.4 Å². The highest BCUT2D eigenvalue weighted by Crippen LogP contribution is 2.17. The molecular formula is C16H20BrN3O. The van der Waals surface area contributed by atoms with E-state index in [2.05, 4.69) is 37.2 Å². The molecule has 1 N–H and O–H groups in total. The molecule has 2 rings (SSSR count). The molecule has 1 heterocycles. The first-order valence-corrected chi connectivity index (χ1v) is 7.64. The molecule has 1 aromatic carbocycles. The molecular weight excluding hydrogens is 330 g/mol. The maximum atomic E-state index is 5.66.